The lowest BCUT2D eigenvalue weighted by atomic mass is 10.0. The Bertz CT molecular complexity index is 2010. The van der Waals surface area contributed by atoms with E-state index in [0.29, 0.717) is 25.7 Å². The summed E-state index contributed by atoms with van der Waals surface area (Å²) in [6.45, 7) is 4.86. The molecule has 0 rings (SSSR count). The molecule has 5 unspecified atom stereocenters. The monoisotopic (exact) mass is 1400 g/mol. The Labute approximate surface area is 585 Å². The van der Waals surface area contributed by atoms with Gasteiger partial charge in [-0.05, 0) is 89.9 Å². The Kier molecular flexibility index (Phi) is 68.3. The predicted octanol–water partition coefficient (Wildman–Crippen LogP) is 22.1. The van der Waals surface area contributed by atoms with Crippen molar-refractivity contribution < 1.29 is 80.2 Å². The molecule has 19 heteroatoms. The van der Waals surface area contributed by atoms with E-state index in [0.717, 1.165) is 148 Å². The largest absolute Gasteiger partial charge is 0.472 e. The molecule has 0 fully saturated rings. The number of aliphatic hydroxyl groups excluding tert-OH is 1. The molecule has 0 heterocycles. The van der Waals surface area contributed by atoms with E-state index in [4.69, 9.17) is 37.0 Å². The summed E-state index contributed by atoms with van der Waals surface area (Å²) in [6, 6.07) is 0. The van der Waals surface area contributed by atoms with E-state index in [1.54, 1.807) is 0 Å². The number of carbonyl (C=O) groups is 4. The molecule has 0 bridgehead atoms. The Morgan fingerprint density at radius 3 is 0.823 bits per heavy atom. The molecule has 3 N–H and O–H groups in total. The van der Waals surface area contributed by atoms with E-state index in [2.05, 4.69) is 76.3 Å². The van der Waals surface area contributed by atoms with Crippen LogP contribution in [-0.2, 0) is 65.4 Å². The first-order chi connectivity index (χ1) is 46.7. The highest BCUT2D eigenvalue weighted by Gasteiger charge is 2.30. The van der Waals surface area contributed by atoms with Crippen LogP contribution >= 0.6 is 15.6 Å². The van der Waals surface area contributed by atoms with Gasteiger partial charge in [0.05, 0.1) is 26.4 Å². The topological polar surface area (TPSA) is 237 Å². The van der Waals surface area contributed by atoms with Gasteiger partial charge in [-0.15, -0.1) is 0 Å². The number of carbonyl (C=O) groups excluding carboxylic acids is 4. The number of unbranched alkanes of at least 4 members (excludes halogenated alkanes) is 40. The second-order valence-corrected chi connectivity index (χ2v) is 29.2. The summed E-state index contributed by atoms with van der Waals surface area (Å²) in [5.41, 5.74) is 0. The molecule has 0 aliphatic rings. The van der Waals surface area contributed by atoms with Crippen molar-refractivity contribution in [3.05, 3.63) is 48.6 Å². The lowest BCUT2D eigenvalue weighted by Gasteiger charge is -2.21. The van der Waals surface area contributed by atoms with Crippen LogP contribution in [-0.4, -0.2) is 96.7 Å². The number of esters is 4. The third-order valence-electron chi connectivity index (χ3n) is 16.8. The summed E-state index contributed by atoms with van der Waals surface area (Å²) in [6.07, 6.45) is 66.7. The molecule has 562 valence electrons. The minimum absolute atomic E-state index is 0.0986. The van der Waals surface area contributed by atoms with Gasteiger partial charge in [-0.25, -0.2) is 9.13 Å². The number of allylic oxidation sites excluding steroid dienone is 8. The zero-order chi connectivity index (χ0) is 70.4. The number of aliphatic hydroxyl groups is 1. The van der Waals surface area contributed by atoms with Crippen LogP contribution in [0.1, 0.15) is 362 Å². The van der Waals surface area contributed by atoms with Crippen molar-refractivity contribution in [2.45, 2.75) is 380 Å². The average molecular weight is 1400 g/mol. The van der Waals surface area contributed by atoms with Gasteiger partial charge in [0.2, 0.25) is 0 Å². The molecule has 0 aliphatic heterocycles. The minimum Gasteiger partial charge on any atom is -0.462 e. The van der Waals surface area contributed by atoms with Gasteiger partial charge in [-0.1, -0.05) is 295 Å². The summed E-state index contributed by atoms with van der Waals surface area (Å²) in [4.78, 5) is 72.8. The van der Waals surface area contributed by atoms with Gasteiger partial charge in [-0.3, -0.25) is 37.3 Å². The SMILES string of the molecule is CCCCC/C=C\C/C=C\C/C=C\CCCCCCCCC(=O)OCC(COP(=O)(O)OCC(O)COP(=O)(O)OCC(COC(=O)CCCCCCC/C=C\CCCCCC)OC(=O)CCCCCCCCCCCCCCC)OC(=O)CCCCCCCCCCCCC. The molecule has 96 heavy (non-hydrogen) atoms. The number of rotatable bonds is 74. The molecule has 17 nitrogen and oxygen atoms in total. The van der Waals surface area contributed by atoms with E-state index in [1.165, 1.54) is 135 Å². The highest BCUT2D eigenvalue weighted by atomic mass is 31.2. The fourth-order valence-electron chi connectivity index (χ4n) is 10.8. The van der Waals surface area contributed by atoms with Gasteiger partial charge in [-0.2, -0.15) is 0 Å². The van der Waals surface area contributed by atoms with E-state index < -0.39 is 97.5 Å². The highest BCUT2D eigenvalue weighted by Crippen LogP contribution is 2.45. The Morgan fingerprint density at radius 1 is 0.292 bits per heavy atom. The zero-order valence-electron chi connectivity index (χ0n) is 61.3. The van der Waals surface area contributed by atoms with Gasteiger partial charge in [0, 0.05) is 25.7 Å². The van der Waals surface area contributed by atoms with Crippen LogP contribution in [0.4, 0.5) is 0 Å². The summed E-state index contributed by atoms with van der Waals surface area (Å²) in [5.74, 6) is -2.16. The molecule has 0 radical (unpaired) electrons. The molecular weight excluding hydrogens is 1260 g/mol. The highest BCUT2D eigenvalue weighted by molar-refractivity contribution is 7.47. The Balaban J connectivity index is 5.27. The van der Waals surface area contributed by atoms with E-state index in [9.17, 15) is 43.2 Å². The lowest BCUT2D eigenvalue weighted by molar-refractivity contribution is -0.161. The van der Waals surface area contributed by atoms with Crippen LogP contribution < -0.4 is 0 Å². The van der Waals surface area contributed by atoms with Gasteiger partial charge in [0.15, 0.2) is 12.2 Å². The average Bonchev–Trinajstić information content (AvgIpc) is 1.11. The normalized spacial score (nSPS) is 14.2. The van der Waals surface area contributed by atoms with Crippen molar-refractivity contribution in [3.63, 3.8) is 0 Å². The first kappa shape index (κ1) is 93.0. The lowest BCUT2D eigenvalue weighted by Crippen LogP contribution is -2.30. The maximum Gasteiger partial charge on any atom is 0.472 e. The Morgan fingerprint density at radius 2 is 0.510 bits per heavy atom. The second kappa shape index (κ2) is 70.5. The van der Waals surface area contributed by atoms with Crippen molar-refractivity contribution in [3.8, 4) is 0 Å². The van der Waals surface area contributed by atoms with Crippen molar-refractivity contribution in [1.29, 1.82) is 0 Å². The van der Waals surface area contributed by atoms with Crippen molar-refractivity contribution in [2.24, 2.45) is 0 Å². The molecule has 5 atom stereocenters. The number of phosphoric acid groups is 2. The van der Waals surface area contributed by atoms with Crippen molar-refractivity contribution >= 4 is 39.5 Å². The molecule has 0 aliphatic carbocycles. The number of hydrogen-bond acceptors (Lipinski definition) is 15. The molecule has 0 saturated heterocycles. The third-order valence-corrected chi connectivity index (χ3v) is 18.7. The van der Waals surface area contributed by atoms with Crippen LogP contribution in [0, 0.1) is 0 Å². The van der Waals surface area contributed by atoms with E-state index in [-0.39, 0.29) is 25.7 Å². The summed E-state index contributed by atoms with van der Waals surface area (Å²) < 4.78 is 68.4. The zero-order valence-corrected chi connectivity index (χ0v) is 63.1. The van der Waals surface area contributed by atoms with Gasteiger partial charge >= 0.3 is 39.5 Å². The van der Waals surface area contributed by atoms with E-state index >= 15 is 0 Å². The summed E-state index contributed by atoms with van der Waals surface area (Å²) in [7, 11) is -9.93. The summed E-state index contributed by atoms with van der Waals surface area (Å²) >= 11 is 0. The van der Waals surface area contributed by atoms with Gasteiger partial charge in [0.1, 0.15) is 19.3 Å². The maximum absolute atomic E-state index is 13.1. The summed E-state index contributed by atoms with van der Waals surface area (Å²) in [5, 5.41) is 10.6. The van der Waals surface area contributed by atoms with Crippen molar-refractivity contribution in [2.75, 3.05) is 39.6 Å². The molecule has 0 aromatic carbocycles. The van der Waals surface area contributed by atoms with Gasteiger partial charge < -0.3 is 33.8 Å². The first-order valence-corrected chi connectivity index (χ1v) is 41.9. The second-order valence-electron chi connectivity index (χ2n) is 26.3. The fraction of sp³-hybridized carbons (Fsp3) is 0.844. The predicted molar refractivity (Wildman–Crippen MR) is 390 cm³/mol. The molecule has 0 spiro atoms. The quantitative estimate of drug-likeness (QED) is 0.0169. The molecule has 0 aromatic heterocycles. The Hall–Kier alpha value is -2.98. The van der Waals surface area contributed by atoms with Gasteiger partial charge in [0.25, 0.3) is 0 Å². The van der Waals surface area contributed by atoms with Crippen LogP contribution in [0.25, 0.3) is 0 Å². The molecular formula is C77H142O17P2. The molecule has 0 saturated carbocycles. The van der Waals surface area contributed by atoms with Crippen molar-refractivity contribution in [1.82, 2.24) is 0 Å². The van der Waals surface area contributed by atoms with Crippen LogP contribution in [0.15, 0.2) is 48.6 Å². The van der Waals surface area contributed by atoms with Crippen LogP contribution in [0.2, 0.25) is 0 Å². The third kappa shape index (κ3) is 69.5. The smallest absolute Gasteiger partial charge is 0.462 e. The fourth-order valence-corrected chi connectivity index (χ4v) is 12.4. The number of phosphoric ester groups is 2. The van der Waals surface area contributed by atoms with E-state index in [1.807, 2.05) is 0 Å². The minimum atomic E-state index is -4.96. The number of ether oxygens (including phenoxy) is 4. The number of hydrogen-bond donors (Lipinski definition) is 3. The molecule has 0 aromatic rings. The van der Waals surface area contributed by atoms with Crippen LogP contribution in [0.3, 0.4) is 0 Å². The first-order valence-electron chi connectivity index (χ1n) is 38.9. The molecule has 0 amide bonds. The standard InChI is InChI=1S/C77H142O17P2/c1-5-9-13-17-21-25-29-32-33-34-35-36-37-40-43-46-50-54-58-62-75(80)88-67-72(93-76(81)63-59-55-51-47-41-28-24-20-16-12-8-4)69-91-95(83,84)89-65-71(78)66-90-96(85,86)92-70-73(94-77(82)64-60-56-52-48-44-39-31-27-23-19-15-11-7-3)68-87-74(79)61-57-53-49-45-42-38-30-26-22-18-14-10-6-2/h21,25-26,30,32-33,35-36,71-73,78H,5-20,22-24,27-29,31,34,37-70H2,1-4H3,(H,83,84)(H,85,86)/b25-21-,30-26-,33-32-,36-35-. The van der Waals surface area contributed by atoms with Crippen LogP contribution in [0.5, 0.6) is 0 Å². The maximum atomic E-state index is 13.1.